The number of fused-ring (bicyclic) bond motifs is 1. The van der Waals surface area contributed by atoms with E-state index < -0.39 is 0 Å². The number of carbonyl (C=O) groups excluding carboxylic acids is 1. The first-order valence-corrected chi connectivity index (χ1v) is 7.28. The number of nitrogens with zero attached hydrogens (tertiary/aromatic N) is 2. The van der Waals surface area contributed by atoms with E-state index >= 15 is 0 Å². The molecule has 104 valence electrons. The van der Waals surface area contributed by atoms with Crippen LogP contribution < -0.4 is 9.54 Å². The summed E-state index contributed by atoms with van der Waals surface area (Å²) in [5.74, 6) is 3.26. The Balaban J connectivity index is 2.62. The van der Waals surface area contributed by atoms with Crippen LogP contribution in [-0.2, 0) is 11.3 Å². The van der Waals surface area contributed by atoms with Crippen molar-refractivity contribution in [1.29, 1.82) is 0 Å². The Bertz CT molecular complexity index is 734. The normalized spacial score (nSPS) is 11.6. The molecule has 4 nitrogen and oxygen atoms in total. The van der Waals surface area contributed by atoms with Crippen LogP contribution in [0.15, 0.2) is 23.2 Å². The number of rotatable bonds is 4. The fraction of sp³-hybridized carbons (Fsp3) is 0.333. The lowest BCUT2D eigenvalue weighted by Crippen LogP contribution is -2.16. The van der Waals surface area contributed by atoms with Crippen molar-refractivity contribution in [3.05, 3.63) is 23.0 Å². The smallest absolute Gasteiger partial charge is 0.248 e. The number of hydrogen-bond acceptors (Lipinski definition) is 3. The molecule has 1 aromatic carbocycles. The van der Waals surface area contributed by atoms with E-state index in [0.29, 0.717) is 24.4 Å². The molecule has 1 heterocycles. The molecule has 1 amide bonds. The predicted molar refractivity (Wildman–Crippen MR) is 80.7 cm³/mol. The van der Waals surface area contributed by atoms with Gasteiger partial charge >= 0.3 is 0 Å². The van der Waals surface area contributed by atoms with Gasteiger partial charge in [0.05, 0.1) is 23.4 Å². The van der Waals surface area contributed by atoms with Gasteiger partial charge in [0, 0.05) is 6.42 Å². The highest BCUT2D eigenvalue weighted by atomic mass is 32.1. The summed E-state index contributed by atoms with van der Waals surface area (Å²) in [5, 5.41) is 0. The summed E-state index contributed by atoms with van der Waals surface area (Å²) in [6.45, 7) is 4.74. The summed E-state index contributed by atoms with van der Waals surface area (Å²) in [5.41, 5.74) is 0.971. The fourth-order valence-corrected chi connectivity index (χ4v) is 2.90. The molecule has 0 aliphatic heterocycles. The molecule has 0 bridgehead atoms. The summed E-state index contributed by atoms with van der Waals surface area (Å²) in [6, 6.07) is 5.80. The number of aromatic nitrogens is 1. The zero-order valence-corrected chi connectivity index (χ0v) is 12.4. The molecule has 5 heteroatoms. The van der Waals surface area contributed by atoms with Crippen molar-refractivity contribution < 1.29 is 9.53 Å². The second-order valence-electron chi connectivity index (χ2n) is 4.10. The van der Waals surface area contributed by atoms with Crippen molar-refractivity contribution >= 4 is 27.5 Å². The summed E-state index contributed by atoms with van der Waals surface area (Å²) < 4.78 is 8.37. The number of amides is 1. The minimum atomic E-state index is -0.146. The first-order chi connectivity index (χ1) is 9.69. The zero-order chi connectivity index (χ0) is 14.5. The van der Waals surface area contributed by atoms with Gasteiger partial charge in [-0.1, -0.05) is 24.2 Å². The maximum atomic E-state index is 11.5. The van der Waals surface area contributed by atoms with E-state index in [0.717, 1.165) is 16.0 Å². The average molecular weight is 288 g/mol. The van der Waals surface area contributed by atoms with Crippen LogP contribution in [0, 0.1) is 12.3 Å². The Morgan fingerprint density at radius 3 is 2.95 bits per heavy atom. The summed E-state index contributed by atoms with van der Waals surface area (Å²) >= 11 is 1.45. The van der Waals surface area contributed by atoms with Crippen LogP contribution in [-0.4, -0.2) is 17.1 Å². The van der Waals surface area contributed by atoms with Crippen LogP contribution in [0.2, 0.25) is 0 Å². The van der Waals surface area contributed by atoms with E-state index in [1.807, 2.05) is 29.7 Å². The molecule has 0 aliphatic carbocycles. The molecule has 20 heavy (non-hydrogen) atoms. The maximum Gasteiger partial charge on any atom is 0.248 e. The van der Waals surface area contributed by atoms with E-state index in [9.17, 15) is 4.79 Å². The number of carbonyl (C=O) groups is 1. The van der Waals surface area contributed by atoms with Gasteiger partial charge in [0.15, 0.2) is 4.80 Å². The van der Waals surface area contributed by atoms with Crippen molar-refractivity contribution in [2.45, 2.75) is 26.8 Å². The Morgan fingerprint density at radius 2 is 2.30 bits per heavy atom. The molecule has 0 fully saturated rings. The number of benzene rings is 1. The minimum Gasteiger partial charge on any atom is -0.494 e. The van der Waals surface area contributed by atoms with Gasteiger partial charge in [0.1, 0.15) is 5.75 Å². The van der Waals surface area contributed by atoms with Crippen LogP contribution >= 0.6 is 11.3 Å². The third kappa shape index (κ3) is 2.91. The van der Waals surface area contributed by atoms with Crippen LogP contribution in [0.4, 0.5) is 0 Å². The molecule has 0 N–H and O–H groups in total. The minimum absolute atomic E-state index is 0.146. The number of thiazole rings is 1. The van der Waals surface area contributed by atoms with Gasteiger partial charge in [0.25, 0.3) is 0 Å². The number of ether oxygens (including phenoxy) is 1. The fourth-order valence-electron chi connectivity index (χ4n) is 1.83. The van der Waals surface area contributed by atoms with E-state index in [4.69, 9.17) is 11.2 Å². The van der Waals surface area contributed by atoms with E-state index in [-0.39, 0.29) is 5.91 Å². The van der Waals surface area contributed by atoms with Gasteiger partial charge in [-0.15, -0.1) is 6.42 Å². The third-order valence-electron chi connectivity index (χ3n) is 2.74. The number of terminal acetylenes is 1. The molecular weight excluding hydrogens is 272 g/mol. The molecule has 2 rings (SSSR count). The van der Waals surface area contributed by atoms with E-state index in [2.05, 4.69) is 10.9 Å². The lowest BCUT2D eigenvalue weighted by Gasteiger charge is -2.03. The molecule has 0 atom stereocenters. The highest BCUT2D eigenvalue weighted by molar-refractivity contribution is 7.16. The SMILES string of the molecule is C#CCn1c(=NC(=O)CC)sc2cc(OCC)ccc21. The number of hydrogen-bond donors (Lipinski definition) is 0. The second kappa shape index (κ2) is 6.40. The van der Waals surface area contributed by atoms with Gasteiger partial charge in [-0.05, 0) is 25.1 Å². The summed E-state index contributed by atoms with van der Waals surface area (Å²) in [4.78, 5) is 16.3. The average Bonchev–Trinajstić information content (AvgIpc) is 2.77. The van der Waals surface area contributed by atoms with Crippen LogP contribution in [0.1, 0.15) is 20.3 Å². The molecule has 2 aromatic rings. The van der Waals surface area contributed by atoms with Gasteiger partial charge in [-0.3, -0.25) is 4.79 Å². The summed E-state index contributed by atoms with van der Waals surface area (Å²) in [7, 11) is 0. The van der Waals surface area contributed by atoms with Crippen molar-refractivity contribution in [1.82, 2.24) is 4.57 Å². The topological polar surface area (TPSA) is 43.6 Å². The van der Waals surface area contributed by atoms with Crippen molar-refractivity contribution in [3.8, 4) is 18.1 Å². The van der Waals surface area contributed by atoms with Crippen LogP contribution in [0.5, 0.6) is 5.75 Å². The molecule has 0 spiro atoms. The standard InChI is InChI=1S/C15H16N2O2S/c1-4-9-17-12-8-7-11(19-6-3)10-13(12)20-15(17)16-14(18)5-2/h1,7-8,10H,5-6,9H2,2-3H3. The highest BCUT2D eigenvalue weighted by Crippen LogP contribution is 2.23. The second-order valence-corrected chi connectivity index (χ2v) is 5.11. The molecule has 0 saturated carbocycles. The van der Waals surface area contributed by atoms with Crippen molar-refractivity contribution in [2.24, 2.45) is 4.99 Å². The van der Waals surface area contributed by atoms with E-state index in [1.54, 1.807) is 6.92 Å². The van der Waals surface area contributed by atoms with E-state index in [1.165, 1.54) is 11.3 Å². The predicted octanol–water partition coefficient (Wildman–Crippen LogP) is 2.57. The Hall–Kier alpha value is -2.06. The van der Waals surface area contributed by atoms with Crippen LogP contribution in [0.25, 0.3) is 10.2 Å². The molecule has 0 saturated heterocycles. The van der Waals surface area contributed by atoms with Gasteiger partial charge in [-0.2, -0.15) is 4.99 Å². The molecule has 1 aromatic heterocycles. The Morgan fingerprint density at radius 1 is 1.50 bits per heavy atom. The quantitative estimate of drug-likeness (QED) is 0.812. The molecule has 0 radical (unpaired) electrons. The highest BCUT2D eigenvalue weighted by Gasteiger charge is 2.07. The van der Waals surface area contributed by atoms with Gasteiger partial charge < -0.3 is 9.30 Å². The van der Waals surface area contributed by atoms with Gasteiger partial charge in [-0.25, -0.2) is 0 Å². The lowest BCUT2D eigenvalue weighted by atomic mass is 10.3. The Labute approximate surface area is 121 Å². The largest absolute Gasteiger partial charge is 0.494 e. The molecular formula is C15H16N2O2S. The van der Waals surface area contributed by atoms with Crippen molar-refractivity contribution in [3.63, 3.8) is 0 Å². The molecule has 0 unspecified atom stereocenters. The monoisotopic (exact) mass is 288 g/mol. The summed E-state index contributed by atoms with van der Waals surface area (Å²) in [6.07, 6.45) is 5.79. The first-order valence-electron chi connectivity index (χ1n) is 6.46. The Kier molecular flexibility index (Phi) is 4.59. The maximum absolute atomic E-state index is 11.5. The van der Waals surface area contributed by atoms with Crippen molar-refractivity contribution in [2.75, 3.05) is 6.61 Å². The zero-order valence-electron chi connectivity index (χ0n) is 11.5. The molecule has 0 aliphatic rings. The van der Waals surface area contributed by atoms with Gasteiger partial charge in [0.2, 0.25) is 5.91 Å². The first kappa shape index (κ1) is 14.4. The van der Waals surface area contributed by atoms with Crippen LogP contribution in [0.3, 0.4) is 0 Å². The third-order valence-corrected chi connectivity index (χ3v) is 3.78. The lowest BCUT2D eigenvalue weighted by molar-refractivity contribution is -0.117.